The van der Waals surface area contributed by atoms with Crippen LogP contribution < -0.4 is 10.5 Å². The fourth-order valence-corrected chi connectivity index (χ4v) is 2.16. The summed E-state index contributed by atoms with van der Waals surface area (Å²) in [5.74, 6) is 0.878. The molecule has 0 aliphatic heterocycles. The normalized spacial score (nSPS) is 12.2. The molecule has 0 aliphatic carbocycles. The first-order valence-electron chi connectivity index (χ1n) is 6.78. The minimum atomic E-state index is -0.0751. The van der Waals surface area contributed by atoms with Crippen LogP contribution in [-0.4, -0.2) is 11.6 Å². The molecule has 3 nitrogen and oxygen atoms in total. The van der Waals surface area contributed by atoms with Crippen LogP contribution in [0.1, 0.15) is 30.6 Å². The first kappa shape index (κ1) is 15.0. The Morgan fingerprint density at radius 2 is 2.15 bits per heavy atom. The van der Waals surface area contributed by atoms with E-state index in [-0.39, 0.29) is 6.04 Å². The molecule has 1 heterocycles. The van der Waals surface area contributed by atoms with Crippen molar-refractivity contribution in [2.45, 2.75) is 25.8 Å². The topological polar surface area (TPSA) is 48.1 Å². The van der Waals surface area contributed by atoms with Crippen molar-refractivity contribution in [3.05, 3.63) is 58.3 Å². The molecular formula is C16H19BrN2O. The largest absolute Gasteiger partial charge is 0.494 e. The Kier molecular flexibility index (Phi) is 5.56. The fourth-order valence-electron chi connectivity index (χ4n) is 1.93. The average Bonchev–Trinajstić information content (AvgIpc) is 2.48. The molecule has 0 saturated carbocycles. The van der Waals surface area contributed by atoms with Gasteiger partial charge in [0.05, 0.1) is 6.61 Å². The van der Waals surface area contributed by atoms with Crippen molar-refractivity contribution in [1.82, 2.24) is 4.98 Å². The van der Waals surface area contributed by atoms with Gasteiger partial charge in [0, 0.05) is 28.8 Å². The van der Waals surface area contributed by atoms with Crippen molar-refractivity contribution in [1.29, 1.82) is 0 Å². The Bertz CT molecular complexity index is 542. The molecule has 2 rings (SSSR count). The predicted molar refractivity (Wildman–Crippen MR) is 84.8 cm³/mol. The van der Waals surface area contributed by atoms with E-state index >= 15 is 0 Å². The van der Waals surface area contributed by atoms with Crippen LogP contribution >= 0.6 is 15.9 Å². The summed E-state index contributed by atoms with van der Waals surface area (Å²) in [7, 11) is 0. The van der Waals surface area contributed by atoms with E-state index in [1.165, 1.54) is 0 Å². The molecule has 0 fully saturated rings. The SMILES string of the molecule is CCCOc1cccc(C(N)Cc2ccc(Br)cn2)c1. The number of halogens is 1. The number of benzene rings is 1. The zero-order valence-electron chi connectivity index (χ0n) is 11.6. The van der Waals surface area contributed by atoms with E-state index < -0.39 is 0 Å². The van der Waals surface area contributed by atoms with Gasteiger partial charge in [-0.25, -0.2) is 0 Å². The quantitative estimate of drug-likeness (QED) is 0.872. The van der Waals surface area contributed by atoms with Crippen LogP contribution in [0, 0.1) is 0 Å². The monoisotopic (exact) mass is 334 g/mol. The van der Waals surface area contributed by atoms with Crippen molar-refractivity contribution >= 4 is 15.9 Å². The third kappa shape index (κ3) is 4.32. The van der Waals surface area contributed by atoms with E-state index in [1.54, 1.807) is 6.20 Å². The third-order valence-electron chi connectivity index (χ3n) is 2.98. The smallest absolute Gasteiger partial charge is 0.119 e. The zero-order chi connectivity index (χ0) is 14.4. The molecule has 2 aromatic rings. The molecule has 0 bridgehead atoms. The summed E-state index contributed by atoms with van der Waals surface area (Å²) >= 11 is 3.38. The van der Waals surface area contributed by atoms with E-state index in [0.29, 0.717) is 6.42 Å². The van der Waals surface area contributed by atoms with Crippen LogP contribution in [0.3, 0.4) is 0 Å². The molecule has 1 unspecified atom stereocenters. The van der Waals surface area contributed by atoms with Gasteiger partial charge < -0.3 is 10.5 Å². The highest BCUT2D eigenvalue weighted by molar-refractivity contribution is 9.10. The number of pyridine rings is 1. The lowest BCUT2D eigenvalue weighted by atomic mass is 10.0. The van der Waals surface area contributed by atoms with E-state index in [9.17, 15) is 0 Å². The molecule has 1 aromatic heterocycles. The Morgan fingerprint density at radius 1 is 1.30 bits per heavy atom. The Labute approximate surface area is 128 Å². The summed E-state index contributed by atoms with van der Waals surface area (Å²) in [5.41, 5.74) is 8.31. The highest BCUT2D eigenvalue weighted by Gasteiger charge is 2.09. The molecule has 2 N–H and O–H groups in total. The number of hydrogen-bond acceptors (Lipinski definition) is 3. The number of aromatic nitrogens is 1. The van der Waals surface area contributed by atoms with Crippen LogP contribution in [0.4, 0.5) is 0 Å². The van der Waals surface area contributed by atoms with E-state index in [4.69, 9.17) is 10.5 Å². The van der Waals surface area contributed by atoms with E-state index in [0.717, 1.165) is 34.5 Å². The lowest BCUT2D eigenvalue weighted by molar-refractivity contribution is 0.317. The molecular weight excluding hydrogens is 316 g/mol. The summed E-state index contributed by atoms with van der Waals surface area (Å²) in [4.78, 5) is 4.36. The van der Waals surface area contributed by atoms with Gasteiger partial charge in [0.15, 0.2) is 0 Å². The van der Waals surface area contributed by atoms with Crippen molar-refractivity contribution in [3.63, 3.8) is 0 Å². The van der Waals surface area contributed by atoms with Gasteiger partial charge >= 0.3 is 0 Å². The van der Waals surface area contributed by atoms with Crippen molar-refractivity contribution in [3.8, 4) is 5.75 Å². The molecule has 0 radical (unpaired) electrons. The van der Waals surface area contributed by atoms with Gasteiger partial charge in [-0.2, -0.15) is 0 Å². The van der Waals surface area contributed by atoms with Crippen molar-refractivity contribution < 1.29 is 4.74 Å². The maximum Gasteiger partial charge on any atom is 0.119 e. The number of hydrogen-bond donors (Lipinski definition) is 1. The van der Waals surface area contributed by atoms with Crippen LogP contribution in [0.25, 0.3) is 0 Å². The molecule has 1 atom stereocenters. The van der Waals surface area contributed by atoms with Gasteiger partial charge in [0.25, 0.3) is 0 Å². The first-order chi connectivity index (χ1) is 9.69. The second-order valence-electron chi connectivity index (χ2n) is 4.70. The molecule has 0 spiro atoms. The predicted octanol–water partition coefficient (Wildman–Crippen LogP) is 3.88. The summed E-state index contributed by atoms with van der Waals surface area (Å²) in [5, 5.41) is 0. The molecule has 0 aliphatic rings. The maximum atomic E-state index is 6.26. The average molecular weight is 335 g/mol. The highest BCUT2D eigenvalue weighted by atomic mass is 79.9. The van der Waals surface area contributed by atoms with Crippen LogP contribution in [0.5, 0.6) is 5.75 Å². The van der Waals surface area contributed by atoms with Gasteiger partial charge in [-0.15, -0.1) is 0 Å². The number of nitrogens with zero attached hydrogens (tertiary/aromatic N) is 1. The van der Waals surface area contributed by atoms with E-state index in [1.807, 2.05) is 36.4 Å². The fraction of sp³-hybridized carbons (Fsp3) is 0.312. The minimum absolute atomic E-state index is 0.0751. The van der Waals surface area contributed by atoms with Crippen molar-refractivity contribution in [2.75, 3.05) is 6.61 Å². The molecule has 0 saturated heterocycles. The minimum Gasteiger partial charge on any atom is -0.494 e. The van der Waals surface area contributed by atoms with Gasteiger partial charge in [-0.05, 0) is 52.2 Å². The Hall–Kier alpha value is -1.39. The summed E-state index contributed by atoms with van der Waals surface area (Å²) in [6.07, 6.45) is 3.51. The lowest BCUT2D eigenvalue weighted by Crippen LogP contribution is -2.14. The van der Waals surface area contributed by atoms with Crippen molar-refractivity contribution in [2.24, 2.45) is 5.73 Å². The van der Waals surface area contributed by atoms with Gasteiger partial charge in [0.2, 0.25) is 0 Å². The first-order valence-corrected chi connectivity index (χ1v) is 7.57. The Morgan fingerprint density at radius 3 is 2.85 bits per heavy atom. The van der Waals surface area contributed by atoms with Crippen LogP contribution in [0.15, 0.2) is 47.1 Å². The molecule has 1 aromatic carbocycles. The van der Waals surface area contributed by atoms with Gasteiger partial charge in [-0.3, -0.25) is 4.98 Å². The lowest BCUT2D eigenvalue weighted by Gasteiger charge is -2.13. The number of ether oxygens (including phenoxy) is 1. The van der Waals surface area contributed by atoms with Gasteiger partial charge in [0.1, 0.15) is 5.75 Å². The van der Waals surface area contributed by atoms with Crippen LogP contribution in [0.2, 0.25) is 0 Å². The maximum absolute atomic E-state index is 6.26. The van der Waals surface area contributed by atoms with Crippen LogP contribution in [-0.2, 0) is 6.42 Å². The summed E-state index contributed by atoms with van der Waals surface area (Å²) in [6, 6.07) is 11.9. The Balaban J connectivity index is 2.04. The second kappa shape index (κ2) is 7.41. The van der Waals surface area contributed by atoms with E-state index in [2.05, 4.69) is 27.8 Å². The number of nitrogens with two attached hydrogens (primary N) is 1. The zero-order valence-corrected chi connectivity index (χ0v) is 13.1. The summed E-state index contributed by atoms with van der Waals surface area (Å²) in [6.45, 7) is 2.82. The highest BCUT2D eigenvalue weighted by Crippen LogP contribution is 2.21. The standard InChI is InChI=1S/C16H19BrN2O/c1-2-8-20-15-5-3-4-12(9-15)16(18)10-14-7-6-13(17)11-19-14/h3-7,9,11,16H,2,8,10,18H2,1H3. The second-order valence-corrected chi connectivity index (χ2v) is 5.61. The molecule has 106 valence electrons. The molecule has 4 heteroatoms. The summed E-state index contributed by atoms with van der Waals surface area (Å²) < 4.78 is 6.61. The molecule has 0 amide bonds. The third-order valence-corrected chi connectivity index (χ3v) is 3.45. The molecule has 20 heavy (non-hydrogen) atoms. The number of rotatable bonds is 6. The van der Waals surface area contributed by atoms with Gasteiger partial charge in [-0.1, -0.05) is 19.1 Å².